The molecular weight excluding hydrogens is 220 g/mol. The van der Waals surface area contributed by atoms with Crippen LogP contribution in [0, 0.1) is 6.92 Å². The molecule has 0 unspecified atom stereocenters. The van der Waals surface area contributed by atoms with Gasteiger partial charge in [0.25, 0.3) is 0 Å². The number of aryl methyl sites for hydroxylation is 1. The van der Waals surface area contributed by atoms with E-state index in [1.165, 1.54) is 49.0 Å². The molecule has 1 aliphatic rings. The molecule has 2 nitrogen and oxygen atoms in total. The first-order valence-electron chi connectivity index (χ1n) is 7.32. The number of nitrogens with two attached hydrogens (primary N) is 1. The summed E-state index contributed by atoms with van der Waals surface area (Å²) in [6.07, 6.45) is 6.26. The Morgan fingerprint density at radius 1 is 1.33 bits per heavy atom. The Morgan fingerprint density at radius 3 is 2.72 bits per heavy atom. The van der Waals surface area contributed by atoms with E-state index in [1.54, 1.807) is 0 Å². The zero-order chi connectivity index (χ0) is 13.0. The number of anilines is 1. The van der Waals surface area contributed by atoms with Crippen LogP contribution in [0.25, 0.3) is 0 Å². The van der Waals surface area contributed by atoms with Crippen LogP contribution < -0.4 is 10.6 Å². The van der Waals surface area contributed by atoms with Crippen molar-refractivity contribution in [3.63, 3.8) is 0 Å². The second-order valence-corrected chi connectivity index (χ2v) is 5.45. The number of rotatable bonds is 7. The van der Waals surface area contributed by atoms with Gasteiger partial charge in [0.05, 0.1) is 0 Å². The zero-order valence-corrected chi connectivity index (χ0v) is 11.8. The quantitative estimate of drug-likeness (QED) is 0.800. The number of nitrogens with zero attached hydrogens (tertiary/aromatic N) is 1. The van der Waals surface area contributed by atoms with Crippen molar-refractivity contribution in [3.8, 4) is 0 Å². The third-order valence-corrected chi connectivity index (χ3v) is 3.70. The summed E-state index contributed by atoms with van der Waals surface area (Å²) in [6, 6.07) is 7.63. The van der Waals surface area contributed by atoms with E-state index >= 15 is 0 Å². The van der Waals surface area contributed by atoms with Gasteiger partial charge >= 0.3 is 0 Å². The summed E-state index contributed by atoms with van der Waals surface area (Å²) in [7, 11) is 0. The van der Waals surface area contributed by atoms with Crippen LogP contribution in [-0.2, 0) is 6.42 Å². The van der Waals surface area contributed by atoms with E-state index in [0.717, 1.165) is 19.0 Å². The second kappa shape index (κ2) is 6.24. The largest absolute Gasteiger partial charge is 0.368 e. The van der Waals surface area contributed by atoms with Crippen molar-refractivity contribution >= 4 is 5.69 Å². The highest BCUT2D eigenvalue weighted by molar-refractivity contribution is 5.56. The minimum absolute atomic E-state index is 0.739. The van der Waals surface area contributed by atoms with Crippen LogP contribution in [-0.4, -0.2) is 19.1 Å². The van der Waals surface area contributed by atoms with Crippen molar-refractivity contribution in [2.24, 2.45) is 5.73 Å². The molecule has 2 rings (SSSR count). The van der Waals surface area contributed by atoms with Crippen LogP contribution >= 0.6 is 0 Å². The van der Waals surface area contributed by atoms with E-state index in [-0.39, 0.29) is 0 Å². The normalized spacial score (nSPS) is 14.8. The summed E-state index contributed by atoms with van der Waals surface area (Å²) in [6.45, 7) is 6.36. The molecule has 0 aromatic heterocycles. The van der Waals surface area contributed by atoms with Crippen LogP contribution in [0.1, 0.15) is 43.7 Å². The lowest BCUT2D eigenvalue weighted by atomic mass is 10.0. The molecule has 1 aromatic carbocycles. The number of benzene rings is 1. The zero-order valence-electron chi connectivity index (χ0n) is 11.8. The van der Waals surface area contributed by atoms with Crippen LogP contribution in [0.15, 0.2) is 18.2 Å². The maximum atomic E-state index is 5.75. The summed E-state index contributed by atoms with van der Waals surface area (Å²) < 4.78 is 0. The second-order valence-electron chi connectivity index (χ2n) is 5.45. The molecular formula is C16H26N2. The summed E-state index contributed by atoms with van der Waals surface area (Å²) in [5.41, 5.74) is 9.96. The maximum Gasteiger partial charge on any atom is 0.0401 e. The Labute approximate surface area is 111 Å². The molecule has 1 aliphatic carbocycles. The third kappa shape index (κ3) is 3.26. The van der Waals surface area contributed by atoms with Gasteiger partial charge in [-0.25, -0.2) is 0 Å². The number of unbranched alkanes of at least 4 members (excludes halogenated alkanes) is 1. The predicted octanol–water partition coefficient (Wildman–Crippen LogP) is 3.27. The van der Waals surface area contributed by atoms with Crippen molar-refractivity contribution in [1.29, 1.82) is 0 Å². The molecule has 0 atom stereocenters. The average Bonchev–Trinajstić information content (AvgIpc) is 3.17. The first-order chi connectivity index (χ1) is 8.76. The Hall–Kier alpha value is -1.02. The summed E-state index contributed by atoms with van der Waals surface area (Å²) in [4.78, 5) is 2.62. The number of hydrogen-bond donors (Lipinski definition) is 1. The van der Waals surface area contributed by atoms with Gasteiger partial charge in [0.15, 0.2) is 0 Å². The van der Waals surface area contributed by atoms with E-state index in [2.05, 4.69) is 36.9 Å². The molecule has 1 saturated carbocycles. The fourth-order valence-electron chi connectivity index (χ4n) is 2.56. The van der Waals surface area contributed by atoms with Crippen LogP contribution in [0.4, 0.5) is 5.69 Å². The first kappa shape index (κ1) is 13.4. The van der Waals surface area contributed by atoms with Gasteiger partial charge in [-0.2, -0.15) is 0 Å². The summed E-state index contributed by atoms with van der Waals surface area (Å²) >= 11 is 0. The standard InChI is InChI=1S/C16H26N2/c1-3-4-11-18(15-6-7-15)16-8-5-13(2)12-14(16)9-10-17/h5,8,12,15H,3-4,6-7,9-11,17H2,1-2H3. The molecule has 0 heterocycles. The SMILES string of the molecule is CCCCN(c1ccc(C)cc1CCN)C1CC1. The molecule has 0 bridgehead atoms. The lowest BCUT2D eigenvalue weighted by Crippen LogP contribution is -2.28. The average molecular weight is 246 g/mol. The van der Waals surface area contributed by atoms with Crippen LogP contribution in [0.2, 0.25) is 0 Å². The fourth-order valence-corrected chi connectivity index (χ4v) is 2.56. The molecule has 0 spiro atoms. The Morgan fingerprint density at radius 2 is 2.11 bits per heavy atom. The van der Waals surface area contributed by atoms with E-state index in [1.807, 2.05) is 0 Å². The van der Waals surface area contributed by atoms with Gasteiger partial charge in [0.2, 0.25) is 0 Å². The van der Waals surface area contributed by atoms with E-state index in [0.29, 0.717) is 0 Å². The van der Waals surface area contributed by atoms with E-state index < -0.39 is 0 Å². The minimum Gasteiger partial charge on any atom is -0.368 e. The predicted molar refractivity (Wildman–Crippen MR) is 79.2 cm³/mol. The smallest absolute Gasteiger partial charge is 0.0401 e. The van der Waals surface area contributed by atoms with Crippen molar-refractivity contribution in [2.75, 3.05) is 18.0 Å². The van der Waals surface area contributed by atoms with Crippen molar-refractivity contribution in [3.05, 3.63) is 29.3 Å². The number of hydrogen-bond acceptors (Lipinski definition) is 2. The summed E-state index contributed by atoms with van der Waals surface area (Å²) in [5.74, 6) is 0. The Balaban J connectivity index is 2.21. The topological polar surface area (TPSA) is 29.3 Å². The molecule has 0 amide bonds. The third-order valence-electron chi connectivity index (χ3n) is 3.70. The highest BCUT2D eigenvalue weighted by atomic mass is 15.2. The molecule has 0 radical (unpaired) electrons. The molecule has 1 fully saturated rings. The maximum absolute atomic E-state index is 5.75. The van der Waals surface area contributed by atoms with Crippen molar-refractivity contribution < 1.29 is 0 Å². The Bertz CT molecular complexity index is 383. The molecule has 0 aliphatic heterocycles. The molecule has 100 valence electrons. The minimum atomic E-state index is 0.739. The van der Waals surface area contributed by atoms with Crippen molar-refractivity contribution in [2.45, 2.75) is 52.0 Å². The Kier molecular flexibility index (Phi) is 4.65. The van der Waals surface area contributed by atoms with Gasteiger partial charge in [0, 0.05) is 18.3 Å². The summed E-state index contributed by atoms with van der Waals surface area (Å²) in [5, 5.41) is 0. The highest BCUT2D eigenvalue weighted by Gasteiger charge is 2.29. The fraction of sp³-hybridized carbons (Fsp3) is 0.625. The monoisotopic (exact) mass is 246 g/mol. The highest BCUT2D eigenvalue weighted by Crippen LogP contribution is 2.34. The molecule has 18 heavy (non-hydrogen) atoms. The van der Waals surface area contributed by atoms with Gasteiger partial charge in [-0.3, -0.25) is 0 Å². The van der Waals surface area contributed by atoms with Gasteiger partial charge < -0.3 is 10.6 Å². The lowest BCUT2D eigenvalue weighted by Gasteiger charge is -2.27. The van der Waals surface area contributed by atoms with Crippen LogP contribution in [0.3, 0.4) is 0 Å². The van der Waals surface area contributed by atoms with Gasteiger partial charge in [-0.15, -0.1) is 0 Å². The lowest BCUT2D eigenvalue weighted by molar-refractivity contribution is 0.709. The molecule has 1 aromatic rings. The molecule has 0 saturated heterocycles. The first-order valence-corrected chi connectivity index (χ1v) is 7.32. The van der Waals surface area contributed by atoms with E-state index in [4.69, 9.17) is 5.73 Å². The molecule has 2 heteroatoms. The van der Waals surface area contributed by atoms with Crippen LogP contribution in [0.5, 0.6) is 0 Å². The van der Waals surface area contributed by atoms with E-state index in [9.17, 15) is 0 Å². The van der Waals surface area contributed by atoms with Gasteiger partial charge in [-0.1, -0.05) is 31.0 Å². The van der Waals surface area contributed by atoms with Gasteiger partial charge in [0.1, 0.15) is 0 Å². The van der Waals surface area contributed by atoms with Gasteiger partial charge in [-0.05, 0) is 50.8 Å². The molecule has 2 N–H and O–H groups in total. The van der Waals surface area contributed by atoms with Crippen molar-refractivity contribution in [1.82, 2.24) is 0 Å².